The highest BCUT2D eigenvalue weighted by atomic mass is 32.2. The predicted molar refractivity (Wildman–Crippen MR) is 76.7 cm³/mol. The van der Waals surface area contributed by atoms with Gasteiger partial charge in [-0.1, -0.05) is 30.3 Å². The van der Waals surface area contributed by atoms with Crippen LogP contribution in [0.5, 0.6) is 0 Å². The van der Waals surface area contributed by atoms with Crippen LogP contribution in [-0.4, -0.2) is 30.9 Å². The van der Waals surface area contributed by atoms with Crippen LogP contribution in [-0.2, 0) is 15.3 Å². The van der Waals surface area contributed by atoms with Gasteiger partial charge in [-0.3, -0.25) is 4.79 Å². The Morgan fingerprint density at radius 3 is 2.61 bits per heavy atom. The molecule has 4 heteroatoms. The van der Waals surface area contributed by atoms with Gasteiger partial charge in [0.1, 0.15) is 0 Å². The van der Waals surface area contributed by atoms with E-state index in [0.717, 1.165) is 5.75 Å². The molecule has 1 N–H and O–H groups in total. The van der Waals surface area contributed by atoms with Crippen LogP contribution in [0.25, 0.3) is 0 Å². The largest absolute Gasteiger partial charge is 0.383 e. The lowest BCUT2D eigenvalue weighted by atomic mass is 10.2. The first-order valence-electron chi connectivity index (χ1n) is 6.08. The van der Waals surface area contributed by atoms with Crippen molar-refractivity contribution in [3.05, 3.63) is 35.9 Å². The summed E-state index contributed by atoms with van der Waals surface area (Å²) in [6.45, 7) is 4.42. The molecule has 0 aliphatic carbocycles. The minimum atomic E-state index is -0.0514. The number of amides is 1. The van der Waals surface area contributed by atoms with Gasteiger partial charge in [-0.05, 0) is 19.4 Å². The van der Waals surface area contributed by atoms with E-state index in [2.05, 4.69) is 17.4 Å². The van der Waals surface area contributed by atoms with E-state index in [4.69, 9.17) is 4.74 Å². The maximum Gasteiger partial charge on any atom is 0.233 e. The van der Waals surface area contributed by atoms with Crippen molar-refractivity contribution in [1.29, 1.82) is 0 Å². The van der Waals surface area contributed by atoms with Crippen LogP contribution in [0.4, 0.5) is 0 Å². The summed E-state index contributed by atoms with van der Waals surface area (Å²) in [4.78, 5) is 11.9. The lowest BCUT2D eigenvalue weighted by Gasteiger charge is -2.16. The van der Waals surface area contributed by atoms with Gasteiger partial charge >= 0.3 is 0 Å². The van der Waals surface area contributed by atoms with E-state index in [0.29, 0.717) is 6.61 Å². The average Bonchev–Trinajstić information content (AvgIpc) is 2.37. The normalized spacial score (nSPS) is 13.9. The SMILES string of the molecule is COC[C@H](C)NC(=O)[C@H](C)SCc1ccccc1. The molecule has 0 saturated heterocycles. The summed E-state index contributed by atoms with van der Waals surface area (Å²) >= 11 is 1.64. The lowest BCUT2D eigenvalue weighted by Crippen LogP contribution is -2.39. The number of hydrogen-bond donors (Lipinski definition) is 1. The standard InChI is InChI=1S/C14H21NO2S/c1-11(9-17-3)15-14(16)12(2)18-10-13-7-5-4-6-8-13/h4-8,11-12H,9-10H2,1-3H3,(H,15,16)/t11-,12-/m0/s1. The van der Waals surface area contributed by atoms with Gasteiger partial charge in [-0.15, -0.1) is 11.8 Å². The molecule has 0 bridgehead atoms. The minimum Gasteiger partial charge on any atom is -0.383 e. The molecule has 2 atom stereocenters. The zero-order valence-electron chi connectivity index (χ0n) is 11.2. The van der Waals surface area contributed by atoms with Crippen LogP contribution < -0.4 is 5.32 Å². The monoisotopic (exact) mass is 267 g/mol. The van der Waals surface area contributed by atoms with Crippen molar-refractivity contribution >= 4 is 17.7 Å². The van der Waals surface area contributed by atoms with Crippen LogP contribution in [0.3, 0.4) is 0 Å². The number of carbonyl (C=O) groups excluding carboxylic acids is 1. The lowest BCUT2D eigenvalue weighted by molar-refractivity contribution is -0.121. The van der Waals surface area contributed by atoms with Crippen molar-refractivity contribution in [2.75, 3.05) is 13.7 Å². The molecule has 0 aliphatic heterocycles. The number of thioether (sulfide) groups is 1. The number of carbonyl (C=O) groups is 1. The van der Waals surface area contributed by atoms with Crippen LogP contribution in [0.1, 0.15) is 19.4 Å². The fourth-order valence-electron chi connectivity index (χ4n) is 1.52. The Bertz CT molecular complexity index is 356. The molecule has 18 heavy (non-hydrogen) atoms. The molecule has 1 aromatic rings. The van der Waals surface area contributed by atoms with Crippen LogP contribution >= 0.6 is 11.8 Å². The third-order valence-corrected chi connectivity index (χ3v) is 3.73. The summed E-state index contributed by atoms with van der Waals surface area (Å²) in [5.41, 5.74) is 1.24. The number of nitrogens with one attached hydrogen (secondary N) is 1. The Kier molecular flexibility index (Phi) is 6.83. The second kappa shape index (κ2) is 8.16. The second-order valence-corrected chi connectivity index (χ2v) is 5.63. The second-order valence-electron chi connectivity index (χ2n) is 4.30. The molecule has 0 saturated carbocycles. The summed E-state index contributed by atoms with van der Waals surface area (Å²) in [7, 11) is 1.64. The fourth-order valence-corrected chi connectivity index (χ4v) is 2.38. The number of hydrogen-bond acceptors (Lipinski definition) is 3. The molecule has 0 aromatic heterocycles. The van der Waals surface area contributed by atoms with E-state index in [9.17, 15) is 4.79 Å². The summed E-state index contributed by atoms with van der Waals surface area (Å²) in [5, 5.41) is 2.88. The number of benzene rings is 1. The van der Waals surface area contributed by atoms with E-state index in [1.54, 1.807) is 18.9 Å². The van der Waals surface area contributed by atoms with Gasteiger partial charge in [0.2, 0.25) is 5.91 Å². The molecule has 0 unspecified atom stereocenters. The van der Waals surface area contributed by atoms with E-state index >= 15 is 0 Å². The van der Waals surface area contributed by atoms with E-state index in [-0.39, 0.29) is 17.2 Å². The average molecular weight is 267 g/mol. The fraction of sp³-hybridized carbons (Fsp3) is 0.500. The zero-order valence-corrected chi connectivity index (χ0v) is 12.0. The Hall–Kier alpha value is -1.00. The van der Waals surface area contributed by atoms with Gasteiger partial charge < -0.3 is 10.1 Å². The maximum absolute atomic E-state index is 11.9. The third-order valence-electron chi connectivity index (χ3n) is 2.52. The van der Waals surface area contributed by atoms with Gasteiger partial charge in [0.05, 0.1) is 11.9 Å². The number of ether oxygens (including phenoxy) is 1. The van der Waals surface area contributed by atoms with Gasteiger partial charge in [0.25, 0.3) is 0 Å². The molecule has 0 aliphatic rings. The topological polar surface area (TPSA) is 38.3 Å². The predicted octanol–water partition coefficient (Wildman–Crippen LogP) is 2.46. The highest BCUT2D eigenvalue weighted by Gasteiger charge is 2.15. The Labute approximate surface area is 113 Å². The van der Waals surface area contributed by atoms with Crippen LogP contribution in [0.15, 0.2) is 30.3 Å². The molecule has 0 radical (unpaired) electrons. The summed E-state index contributed by atoms with van der Waals surface area (Å²) in [5.74, 6) is 0.925. The van der Waals surface area contributed by atoms with Crippen molar-refractivity contribution < 1.29 is 9.53 Å². The van der Waals surface area contributed by atoms with Crippen LogP contribution in [0.2, 0.25) is 0 Å². The number of rotatable bonds is 7. The third kappa shape index (κ3) is 5.56. The quantitative estimate of drug-likeness (QED) is 0.824. The first-order chi connectivity index (χ1) is 8.63. The highest BCUT2D eigenvalue weighted by molar-refractivity contribution is 7.99. The maximum atomic E-state index is 11.9. The Balaban J connectivity index is 2.32. The molecule has 3 nitrogen and oxygen atoms in total. The Morgan fingerprint density at radius 2 is 2.00 bits per heavy atom. The summed E-state index contributed by atoms with van der Waals surface area (Å²) in [6.07, 6.45) is 0. The smallest absolute Gasteiger partial charge is 0.233 e. The molecule has 100 valence electrons. The first kappa shape index (κ1) is 15.1. The van der Waals surface area contributed by atoms with E-state index in [1.807, 2.05) is 32.0 Å². The van der Waals surface area contributed by atoms with Gasteiger partial charge in [-0.2, -0.15) is 0 Å². The number of methoxy groups -OCH3 is 1. The molecule has 1 rings (SSSR count). The van der Waals surface area contributed by atoms with Gasteiger partial charge in [-0.25, -0.2) is 0 Å². The van der Waals surface area contributed by atoms with Crippen molar-refractivity contribution in [3.8, 4) is 0 Å². The van der Waals surface area contributed by atoms with Crippen LogP contribution in [0, 0.1) is 0 Å². The van der Waals surface area contributed by atoms with Gasteiger partial charge in [0.15, 0.2) is 0 Å². The molecule has 1 amide bonds. The molecule has 0 spiro atoms. The van der Waals surface area contributed by atoms with Crippen molar-refractivity contribution in [2.24, 2.45) is 0 Å². The zero-order chi connectivity index (χ0) is 13.4. The minimum absolute atomic E-state index is 0.0514. The van der Waals surface area contributed by atoms with E-state index < -0.39 is 0 Å². The molecule has 1 aromatic carbocycles. The van der Waals surface area contributed by atoms with E-state index in [1.165, 1.54) is 5.56 Å². The summed E-state index contributed by atoms with van der Waals surface area (Å²) < 4.78 is 4.99. The molecular formula is C14H21NO2S. The van der Waals surface area contributed by atoms with Gasteiger partial charge in [0, 0.05) is 18.9 Å². The molecule has 0 fully saturated rings. The van der Waals surface area contributed by atoms with Crippen molar-refractivity contribution in [1.82, 2.24) is 5.32 Å². The molecule has 0 heterocycles. The van der Waals surface area contributed by atoms with Crippen molar-refractivity contribution in [3.63, 3.8) is 0 Å². The first-order valence-corrected chi connectivity index (χ1v) is 7.13. The van der Waals surface area contributed by atoms with Crippen molar-refractivity contribution in [2.45, 2.75) is 30.9 Å². The summed E-state index contributed by atoms with van der Waals surface area (Å²) in [6, 6.07) is 10.2. The Morgan fingerprint density at radius 1 is 1.33 bits per heavy atom. The highest BCUT2D eigenvalue weighted by Crippen LogP contribution is 2.17. The molecular weight excluding hydrogens is 246 g/mol.